The molecule has 1 aromatic carbocycles. The predicted molar refractivity (Wildman–Crippen MR) is 105 cm³/mol. The number of anilines is 1. The maximum atomic E-state index is 13.7. The van der Waals surface area contributed by atoms with Crippen LogP contribution in [0, 0.1) is 19.7 Å². The highest BCUT2D eigenvalue weighted by Crippen LogP contribution is 2.29. The van der Waals surface area contributed by atoms with Crippen LogP contribution in [0.1, 0.15) is 17.4 Å². The van der Waals surface area contributed by atoms with Gasteiger partial charge in [0.25, 0.3) is 5.56 Å². The molecule has 1 N–H and O–H groups in total. The monoisotopic (exact) mass is 391 g/mol. The minimum atomic E-state index is -0.549. The molecule has 8 heteroatoms. The van der Waals surface area contributed by atoms with Crippen molar-refractivity contribution in [3.63, 3.8) is 0 Å². The molecule has 0 bridgehead atoms. The van der Waals surface area contributed by atoms with E-state index in [0.717, 1.165) is 10.4 Å². The van der Waals surface area contributed by atoms with Crippen molar-refractivity contribution in [2.24, 2.45) is 7.05 Å². The Bertz CT molecular complexity index is 1060. The molecule has 26 heavy (non-hydrogen) atoms. The molecule has 0 fully saturated rings. The molecule has 136 valence electrons. The van der Waals surface area contributed by atoms with Gasteiger partial charge in [0.05, 0.1) is 16.3 Å². The van der Waals surface area contributed by atoms with E-state index in [4.69, 9.17) is 0 Å². The van der Waals surface area contributed by atoms with Gasteiger partial charge < -0.3 is 5.32 Å². The zero-order valence-electron chi connectivity index (χ0n) is 14.8. The number of nitrogens with zero attached hydrogens (tertiary/aromatic N) is 2. The van der Waals surface area contributed by atoms with Gasteiger partial charge in [0.2, 0.25) is 5.91 Å². The fourth-order valence-corrected chi connectivity index (χ4v) is 4.41. The van der Waals surface area contributed by atoms with Gasteiger partial charge in [-0.2, -0.15) is 0 Å². The molecule has 0 saturated heterocycles. The van der Waals surface area contributed by atoms with Gasteiger partial charge in [-0.1, -0.05) is 23.9 Å². The summed E-state index contributed by atoms with van der Waals surface area (Å²) in [4.78, 5) is 31.3. The number of carbonyl (C=O) groups is 1. The second-order valence-electron chi connectivity index (χ2n) is 5.95. The molecule has 0 spiro atoms. The van der Waals surface area contributed by atoms with Crippen molar-refractivity contribution >= 4 is 44.9 Å². The SMILES string of the molecule is Cc1sc2nc(SC(C)C(=O)Nc3ccccc3F)n(C)c(=O)c2c1C. The van der Waals surface area contributed by atoms with E-state index in [1.165, 1.54) is 39.8 Å². The van der Waals surface area contributed by atoms with E-state index >= 15 is 0 Å². The number of para-hydroxylation sites is 1. The first-order chi connectivity index (χ1) is 12.3. The van der Waals surface area contributed by atoms with Gasteiger partial charge in [0.1, 0.15) is 10.6 Å². The predicted octanol–water partition coefficient (Wildman–Crippen LogP) is 3.87. The second kappa shape index (κ2) is 7.20. The number of hydrogen-bond acceptors (Lipinski definition) is 5. The molecular formula is C18H18FN3O2S2. The third-order valence-electron chi connectivity index (χ3n) is 4.15. The number of halogens is 1. The second-order valence-corrected chi connectivity index (χ2v) is 8.46. The van der Waals surface area contributed by atoms with Crippen molar-refractivity contribution in [1.29, 1.82) is 0 Å². The number of rotatable bonds is 4. The van der Waals surface area contributed by atoms with E-state index < -0.39 is 11.1 Å². The Kier molecular flexibility index (Phi) is 5.15. The van der Waals surface area contributed by atoms with Gasteiger partial charge in [0.15, 0.2) is 5.16 Å². The lowest BCUT2D eigenvalue weighted by atomic mass is 10.2. The lowest BCUT2D eigenvalue weighted by Gasteiger charge is -2.14. The van der Waals surface area contributed by atoms with E-state index in [1.807, 2.05) is 13.8 Å². The summed E-state index contributed by atoms with van der Waals surface area (Å²) in [6.45, 7) is 5.56. The van der Waals surface area contributed by atoms with Crippen LogP contribution in [-0.4, -0.2) is 20.7 Å². The summed E-state index contributed by atoms with van der Waals surface area (Å²) in [5.41, 5.74) is 0.952. The molecule has 1 amide bonds. The number of aryl methyl sites for hydroxylation is 2. The zero-order valence-corrected chi connectivity index (χ0v) is 16.4. The average molecular weight is 391 g/mol. The lowest BCUT2D eigenvalue weighted by molar-refractivity contribution is -0.115. The van der Waals surface area contributed by atoms with Crippen LogP contribution >= 0.6 is 23.1 Å². The first-order valence-electron chi connectivity index (χ1n) is 7.98. The Morgan fingerprint density at radius 3 is 2.73 bits per heavy atom. The largest absolute Gasteiger partial charge is 0.323 e. The van der Waals surface area contributed by atoms with E-state index in [9.17, 15) is 14.0 Å². The van der Waals surface area contributed by atoms with Crippen LogP contribution in [0.5, 0.6) is 0 Å². The summed E-state index contributed by atoms with van der Waals surface area (Å²) in [6.07, 6.45) is 0. The van der Waals surface area contributed by atoms with Crippen molar-refractivity contribution in [1.82, 2.24) is 9.55 Å². The Morgan fingerprint density at radius 2 is 2.04 bits per heavy atom. The van der Waals surface area contributed by atoms with Crippen LogP contribution in [0.2, 0.25) is 0 Å². The lowest BCUT2D eigenvalue weighted by Crippen LogP contribution is -2.25. The standard InChI is InChI=1S/C18H18FN3O2S2/c1-9-10(2)25-16-14(9)17(24)22(4)18(21-16)26-11(3)15(23)20-13-8-6-5-7-12(13)19/h5-8,11H,1-4H3,(H,20,23). The highest BCUT2D eigenvalue weighted by Gasteiger charge is 2.21. The number of fused-ring (bicyclic) bond motifs is 1. The third kappa shape index (κ3) is 3.39. The summed E-state index contributed by atoms with van der Waals surface area (Å²) in [7, 11) is 1.64. The van der Waals surface area contributed by atoms with Crippen molar-refractivity contribution in [2.75, 3.05) is 5.32 Å². The van der Waals surface area contributed by atoms with Gasteiger partial charge >= 0.3 is 0 Å². The first kappa shape index (κ1) is 18.6. The molecule has 0 radical (unpaired) electrons. The summed E-state index contributed by atoms with van der Waals surface area (Å²) in [5.74, 6) is -0.845. The molecule has 1 unspecified atom stereocenters. The molecule has 3 rings (SSSR count). The average Bonchev–Trinajstić information content (AvgIpc) is 2.88. The summed E-state index contributed by atoms with van der Waals surface area (Å²) in [5, 5.41) is 3.10. The van der Waals surface area contributed by atoms with E-state index in [-0.39, 0.29) is 17.2 Å². The molecule has 0 aliphatic rings. The summed E-state index contributed by atoms with van der Waals surface area (Å²) < 4.78 is 15.2. The molecule has 0 aliphatic heterocycles. The molecule has 2 aromatic heterocycles. The molecule has 5 nitrogen and oxygen atoms in total. The molecule has 3 aromatic rings. The molecule has 1 atom stereocenters. The maximum Gasteiger partial charge on any atom is 0.262 e. The fraction of sp³-hybridized carbons (Fsp3) is 0.278. The highest BCUT2D eigenvalue weighted by atomic mass is 32.2. The number of thioether (sulfide) groups is 1. The molecule has 0 aliphatic carbocycles. The van der Waals surface area contributed by atoms with Crippen molar-refractivity contribution in [3.05, 3.63) is 50.9 Å². The van der Waals surface area contributed by atoms with Gasteiger partial charge in [-0.3, -0.25) is 14.2 Å². The van der Waals surface area contributed by atoms with Gasteiger partial charge in [-0.25, -0.2) is 9.37 Å². The van der Waals surface area contributed by atoms with Gasteiger partial charge in [-0.15, -0.1) is 11.3 Å². The number of thiophene rings is 1. The van der Waals surface area contributed by atoms with Crippen LogP contribution in [0.15, 0.2) is 34.2 Å². The topological polar surface area (TPSA) is 64.0 Å². The number of carbonyl (C=O) groups excluding carboxylic acids is 1. The number of benzene rings is 1. The Balaban J connectivity index is 1.86. The van der Waals surface area contributed by atoms with Crippen LogP contribution in [-0.2, 0) is 11.8 Å². The van der Waals surface area contributed by atoms with Crippen LogP contribution < -0.4 is 10.9 Å². The number of hydrogen-bond donors (Lipinski definition) is 1. The number of amides is 1. The number of nitrogens with one attached hydrogen (secondary N) is 1. The fourth-order valence-electron chi connectivity index (χ4n) is 2.47. The zero-order chi connectivity index (χ0) is 19.0. The quantitative estimate of drug-likeness (QED) is 0.542. The number of aromatic nitrogens is 2. The summed E-state index contributed by atoms with van der Waals surface area (Å²) in [6, 6.07) is 6.00. The van der Waals surface area contributed by atoms with Crippen LogP contribution in [0.25, 0.3) is 10.2 Å². The van der Waals surface area contributed by atoms with E-state index in [0.29, 0.717) is 15.4 Å². The van der Waals surface area contributed by atoms with Gasteiger partial charge in [0, 0.05) is 11.9 Å². The smallest absolute Gasteiger partial charge is 0.262 e. The Labute approximate surface area is 158 Å². The maximum absolute atomic E-state index is 13.7. The molecule has 0 saturated carbocycles. The Morgan fingerprint density at radius 1 is 1.35 bits per heavy atom. The van der Waals surface area contributed by atoms with Crippen molar-refractivity contribution < 1.29 is 9.18 Å². The minimum absolute atomic E-state index is 0.124. The molecular weight excluding hydrogens is 373 g/mol. The van der Waals surface area contributed by atoms with Crippen LogP contribution in [0.4, 0.5) is 10.1 Å². The van der Waals surface area contributed by atoms with Crippen LogP contribution in [0.3, 0.4) is 0 Å². The summed E-state index contributed by atoms with van der Waals surface area (Å²) >= 11 is 2.64. The van der Waals surface area contributed by atoms with E-state index in [2.05, 4.69) is 10.3 Å². The van der Waals surface area contributed by atoms with E-state index in [1.54, 1.807) is 26.1 Å². The normalized spacial score (nSPS) is 12.3. The van der Waals surface area contributed by atoms with Crippen molar-refractivity contribution in [2.45, 2.75) is 31.2 Å². The first-order valence-corrected chi connectivity index (χ1v) is 9.68. The minimum Gasteiger partial charge on any atom is -0.323 e. The Hall–Kier alpha value is -2.19. The highest BCUT2D eigenvalue weighted by molar-refractivity contribution is 8.00. The van der Waals surface area contributed by atoms with Crippen molar-refractivity contribution in [3.8, 4) is 0 Å². The molecule has 2 heterocycles. The third-order valence-corrected chi connectivity index (χ3v) is 6.40. The van der Waals surface area contributed by atoms with Gasteiger partial charge in [-0.05, 0) is 38.5 Å².